The van der Waals surface area contributed by atoms with Crippen LogP contribution in [-0.4, -0.2) is 32.1 Å². The van der Waals surface area contributed by atoms with Gasteiger partial charge in [0.05, 0.1) is 17.9 Å². The summed E-state index contributed by atoms with van der Waals surface area (Å²) in [6, 6.07) is 0. The Labute approximate surface area is 122 Å². The van der Waals surface area contributed by atoms with E-state index < -0.39 is 5.97 Å². The van der Waals surface area contributed by atoms with E-state index in [2.05, 4.69) is 17.2 Å². The fourth-order valence-electron chi connectivity index (χ4n) is 1.50. The van der Waals surface area contributed by atoms with E-state index in [4.69, 9.17) is 10.5 Å². The van der Waals surface area contributed by atoms with E-state index in [1.807, 2.05) is 6.92 Å². The Bertz CT molecular complexity index is 537. The van der Waals surface area contributed by atoms with Crippen LogP contribution >= 0.6 is 11.3 Å². The Morgan fingerprint density at radius 2 is 2.10 bits per heavy atom. The third-order valence-corrected chi connectivity index (χ3v) is 3.55. The lowest BCUT2D eigenvalue weighted by Gasteiger charge is -2.06. The maximum Gasteiger partial charge on any atom is 0.350 e. The van der Waals surface area contributed by atoms with Gasteiger partial charge in [0, 0.05) is 13.6 Å². The van der Waals surface area contributed by atoms with Gasteiger partial charge in [0.1, 0.15) is 9.88 Å². The second-order valence-corrected chi connectivity index (χ2v) is 5.18. The molecule has 0 atom stereocenters. The van der Waals surface area contributed by atoms with Gasteiger partial charge in [-0.2, -0.15) is 0 Å². The number of hydrogen-bond donors (Lipinski definition) is 3. The van der Waals surface area contributed by atoms with E-state index in [0.29, 0.717) is 11.5 Å². The highest BCUT2D eigenvalue weighted by Crippen LogP contribution is 2.36. The SMILES string of the molecule is C=C(C)CNc1sc(C(=O)OCC)c(N)c1C(=O)NC. The number of carbonyl (C=O) groups excluding carboxylic acids is 2. The first-order valence-corrected chi connectivity index (χ1v) is 6.93. The van der Waals surface area contributed by atoms with E-state index in [-0.39, 0.29) is 28.6 Å². The van der Waals surface area contributed by atoms with Crippen molar-refractivity contribution in [2.24, 2.45) is 0 Å². The molecule has 0 fully saturated rings. The van der Waals surface area contributed by atoms with E-state index in [1.165, 1.54) is 7.05 Å². The van der Waals surface area contributed by atoms with Gasteiger partial charge in [-0.3, -0.25) is 4.79 Å². The minimum Gasteiger partial charge on any atom is -0.462 e. The largest absolute Gasteiger partial charge is 0.462 e. The van der Waals surface area contributed by atoms with Gasteiger partial charge in [-0.1, -0.05) is 12.2 Å². The van der Waals surface area contributed by atoms with Crippen molar-refractivity contribution >= 4 is 33.9 Å². The van der Waals surface area contributed by atoms with Crippen LogP contribution in [0, 0.1) is 0 Å². The number of anilines is 2. The van der Waals surface area contributed by atoms with Gasteiger partial charge in [-0.05, 0) is 13.8 Å². The normalized spacial score (nSPS) is 9.95. The van der Waals surface area contributed by atoms with Crippen LogP contribution in [0.4, 0.5) is 10.7 Å². The first-order chi connectivity index (χ1) is 9.42. The quantitative estimate of drug-likeness (QED) is 0.550. The fraction of sp³-hybridized carbons (Fsp3) is 0.385. The van der Waals surface area contributed by atoms with Crippen LogP contribution in [0.1, 0.15) is 33.9 Å². The standard InChI is InChI=1S/C13H19N3O3S/c1-5-19-13(18)10-9(14)8(11(17)15-4)12(20-10)16-6-7(2)3/h16H,2,5-6,14H2,1,3-4H3,(H,15,17). The third kappa shape index (κ3) is 3.51. The summed E-state index contributed by atoms with van der Waals surface area (Å²) in [6.45, 7) is 8.09. The Morgan fingerprint density at radius 1 is 1.45 bits per heavy atom. The van der Waals surface area contributed by atoms with Gasteiger partial charge in [0.2, 0.25) is 0 Å². The number of esters is 1. The Hall–Kier alpha value is -2.02. The maximum absolute atomic E-state index is 11.9. The molecule has 1 aromatic heterocycles. The molecule has 0 aromatic carbocycles. The zero-order chi connectivity index (χ0) is 15.3. The first-order valence-electron chi connectivity index (χ1n) is 6.12. The lowest BCUT2D eigenvalue weighted by atomic mass is 10.2. The summed E-state index contributed by atoms with van der Waals surface area (Å²) in [5, 5.41) is 6.10. The number of nitrogen functional groups attached to an aromatic ring is 1. The monoisotopic (exact) mass is 297 g/mol. The first kappa shape index (κ1) is 16.0. The smallest absolute Gasteiger partial charge is 0.350 e. The maximum atomic E-state index is 11.9. The van der Waals surface area contributed by atoms with Crippen LogP contribution in [0.3, 0.4) is 0 Å². The van der Waals surface area contributed by atoms with Crippen molar-refractivity contribution < 1.29 is 14.3 Å². The van der Waals surface area contributed by atoms with Crippen LogP contribution in [0.5, 0.6) is 0 Å². The number of nitrogens with two attached hydrogens (primary N) is 1. The molecule has 6 nitrogen and oxygen atoms in total. The molecular weight excluding hydrogens is 278 g/mol. The van der Waals surface area contributed by atoms with Gasteiger partial charge in [-0.25, -0.2) is 4.79 Å². The molecule has 0 aliphatic heterocycles. The molecule has 1 rings (SSSR count). The predicted molar refractivity (Wildman–Crippen MR) is 81.4 cm³/mol. The molecule has 4 N–H and O–H groups in total. The fourth-order valence-corrected chi connectivity index (χ4v) is 2.51. The highest BCUT2D eigenvalue weighted by molar-refractivity contribution is 7.19. The van der Waals surface area contributed by atoms with E-state index in [1.54, 1.807) is 6.92 Å². The molecule has 0 saturated carbocycles. The van der Waals surface area contributed by atoms with Crippen molar-refractivity contribution in [3.8, 4) is 0 Å². The number of carbonyl (C=O) groups is 2. The van der Waals surface area contributed by atoms with Crippen molar-refractivity contribution in [1.29, 1.82) is 0 Å². The average Bonchev–Trinajstić information content (AvgIpc) is 2.73. The minimum atomic E-state index is -0.525. The van der Waals surface area contributed by atoms with Crippen LogP contribution in [-0.2, 0) is 4.74 Å². The van der Waals surface area contributed by atoms with Crippen molar-refractivity contribution in [1.82, 2.24) is 5.32 Å². The van der Waals surface area contributed by atoms with Crippen molar-refractivity contribution in [3.63, 3.8) is 0 Å². The Kier molecular flexibility index (Phi) is 5.57. The van der Waals surface area contributed by atoms with Gasteiger partial charge in [-0.15, -0.1) is 11.3 Å². The average molecular weight is 297 g/mol. The van der Waals surface area contributed by atoms with Crippen molar-refractivity contribution in [3.05, 3.63) is 22.6 Å². The summed E-state index contributed by atoms with van der Waals surface area (Å²) in [7, 11) is 1.51. The molecule has 0 aliphatic rings. The van der Waals surface area contributed by atoms with Crippen LogP contribution in [0.25, 0.3) is 0 Å². The van der Waals surface area contributed by atoms with Gasteiger partial charge in [0.25, 0.3) is 5.91 Å². The summed E-state index contributed by atoms with van der Waals surface area (Å²) in [5.41, 5.74) is 7.21. The van der Waals surface area contributed by atoms with Crippen LogP contribution in [0.15, 0.2) is 12.2 Å². The van der Waals surface area contributed by atoms with Gasteiger partial charge >= 0.3 is 5.97 Å². The van der Waals surface area contributed by atoms with E-state index in [9.17, 15) is 9.59 Å². The third-order valence-electron chi connectivity index (χ3n) is 2.41. The molecule has 110 valence electrons. The Balaban J connectivity index is 3.19. The van der Waals surface area contributed by atoms with Crippen molar-refractivity contribution in [2.45, 2.75) is 13.8 Å². The highest BCUT2D eigenvalue weighted by atomic mass is 32.1. The molecule has 0 unspecified atom stereocenters. The summed E-state index contributed by atoms with van der Waals surface area (Å²) in [6.07, 6.45) is 0. The molecule has 0 saturated heterocycles. The number of thiophene rings is 1. The van der Waals surface area contributed by atoms with Gasteiger partial charge in [0.15, 0.2) is 0 Å². The summed E-state index contributed by atoms with van der Waals surface area (Å²) < 4.78 is 4.93. The highest BCUT2D eigenvalue weighted by Gasteiger charge is 2.25. The molecule has 1 amide bonds. The zero-order valence-electron chi connectivity index (χ0n) is 11.8. The number of amides is 1. The summed E-state index contributed by atoms with van der Waals surface area (Å²) >= 11 is 1.11. The predicted octanol–water partition coefficient (Wildman–Crippen LogP) is 1.85. The molecule has 1 aromatic rings. The minimum absolute atomic E-state index is 0.136. The summed E-state index contributed by atoms with van der Waals surface area (Å²) in [5.74, 6) is -0.873. The van der Waals surface area contributed by atoms with Crippen LogP contribution < -0.4 is 16.4 Å². The molecule has 1 heterocycles. The lowest BCUT2D eigenvalue weighted by molar-refractivity contribution is 0.0533. The lowest BCUT2D eigenvalue weighted by Crippen LogP contribution is -2.20. The zero-order valence-corrected chi connectivity index (χ0v) is 12.6. The molecule has 0 spiro atoms. The van der Waals surface area contributed by atoms with E-state index in [0.717, 1.165) is 16.9 Å². The number of rotatable bonds is 6. The second-order valence-electron chi connectivity index (χ2n) is 4.16. The molecule has 20 heavy (non-hydrogen) atoms. The Morgan fingerprint density at radius 3 is 2.60 bits per heavy atom. The molecule has 0 aliphatic carbocycles. The summed E-state index contributed by atoms with van der Waals surface area (Å²) in [4.78, 5) is 23.9. The van der Waals surface area contributed by atoms with Crippen molar-refractivity contribution in [2.75, 3.05) is 31.2 Å². The van der Waals surface area contributed by atoms with Crippen LogP contribution in [0.2, 0.25) is 0 Å². The van der Waals surface area contributed by atoms with E-state index >= 15 is 0 Å². The molecule has 0 bridgehead atoms. The van der Waals surface area contributed by atoms with Gasteiger partial charge < -0.3 is 21.1 Å². The second kappa shape index (κ2) is 6.95. The number of nitrogens with one attached hydrogen (secondary N) is 2. The topological polar surface area (TPSA) is 93.4 Å². The molecular formula is C13H19N3O3S. The molecule has 7 heteroatoms. The number of ether oxygens (including phenoxy) is 1. The number of hydrogen-bond acceptors (Lipinski definition) is 6. The molecule has 0 radical (unpaired) electrons.